The van der Waals surface area contributed by atoms with E-state index < -0.39 is 12.1 Å². The molecule has 1 rings (SSSR count). The fourth-order valence-corrected chi connectivity index (χ4v) is 1.79. The molecule has 1 aliphatic carbocycles. The Morgan fingerprint density at radius 2 is 2.17 bits per heavy atom. The van der Waals surface area contributed by atoms with Gasteiger partial charge >= 0.3 is 5.97 Å². The lowest BCUT2D eigenvalue weighted by Gasteiger charge is -2.12. The fraction of sp³-hybridized carbons (Fsp3) is 0.889. The van der Waals surface area contributed by atoms with Gasteiger partial charge in [0, 0.05) is 0 Å². The van der Waals surface area contributed by atoms with Gasteiger partial charge in [0.1, 0.15) is 0 Å². The van der Waals surface area contributed by atoms with Crippen LogP contribution in [0.3, 0.4) is 0 Å². The molecule has 0 heterocycles. The molecule has 0 amide bonds. The molecule has 0 aromatic rings. The number of methoxy groups -OCH3 is 1. The summed E-state index contributed by atoms with van der Waals surface area (Å²) in [6.45, 7) is 0. The third-order valence-electron chi connectivity index (χ3n) is 2.50. The maximum absolute atomic E-state index is 10.8. The van der Waals surface area contributed by atoms with Gasteiger partial charge in [-0.05, 0) is 12.3 Å². The summed E-state index contributed by atoms with van der Waals surface area (Å²) in [4.78, 5) is 10.8. The summed E-state index contributed by atoms with van der Waals surface area (Å²) in [5.41, 5.74) is 0. The standard InChI is InChI=1S/C9H16O3/c1-12-9(11)8(10)6-7-4-2-3-5-7/h7-8,10H,2-6H2,1H3/t8-/m1/s1. The average molecular weight is 172 g/mol. The van der Waals surface area contributed by atoms with Crippen molar-refractivity contribution < 1.29 is 14.6 Å². The van der Waals surface area contributed by atoms with Crippen molar-refractivity contribution in [2.75, 3.05) is 7.11 Å². The number of carbonyl (C=O) groups excluding carboxylic acids is 1. The minimum Gasteiger partial charge on any atom is -0.467 e. The number of rotatable bonds is 3. The van der Waals surface area contributed by atoms with E-state index in [-0.39, 0.29) is 0 Å². The molecular formula is C9H16O3. The molecule has 0 spiro atoms. The molecule has 0 aliphatic heterocycles. The third kappa shape index (κ3) is 2.48. The van der Waals surface area contributed by atoms with Crippen LogP contribution < -0.4 is 0 Å². The first-order valence-corrected chi connectivity index (χ1v) is 4.50. The van der Waals surface area contributed by atoms with Gasteiger partial charge in [0.25, 0.3) is 0 Å². The summed E-state index contributed by atoms with van der Waals surface area (Å²) in [6, 6.07) is 0. The molecule has 3 heteroatoms. The second-order valence-corrected chi connectivity index (χ2v) is 3.43. The van der Waals surface area contributed by atoms with Crippen molar-refractivity contribution in [2.45, 2.75) is 38.2 Å². The number of hydrogen-bond donors (Lipinski definition) is 1. The van der Waals surface area contributed by atoms with Gasteiger partial charge < -0.3 is 9.84 Å². The lowest BCUT2D eigenvalue weighted by Crippen LogP contribution is -2.24. The van der Waals surface area contributed by atoms with Gasteiger partial charge in [-0.15, -0.1) is 0 Å². The topological polar surface area (TPSA) is 46.5 Å². The van der Waals surface area contributed by atoms with Gasteiger partial charge in [0.15, 0.2) is 6.10 Å². The first-order chi connectivity index (χ1) is 5.74. The number of aliphatic hydroxyl groups is 1. The molecule has 0 unspecified atom stereocenters. The Balaban J connectivity index is 2.24. The zero-order valence-electron chi connectivity index (χ0n) is 7.45. The predicted molar refractivity (Wildman–Crippen MR) is 44.6 cm³/mol. The van der Waals surface area contributed by atoms with Crippen molar-refractivity contribution in [3.63, 3.8) is 0 Å². The molecule has 0 aromatic carbocycles. The van der Waals surface area contributed by atoms with E-state index in [1.54, 1.807) is 0 Å². The van der Waals surface area contributed by atoms with Gasteiger partial charge in [-0.2, -0.15) is 0 Å². The first-order valence-electron chi connectivity index (χ1n) is 4.50. The van der Waals surface area contributed by atoms with Gasteiger partial charge in [-0.1, -0.05) is 25.7 Å². The van der Waals surface area contributed by atoms with Crippen LogP contribution in [0.25, 0.3) is 0 Å². The van der Waals surface area contributed by atoms with Crippen LogP contribution in [0.15, 0.2) is 0 Å². The largest absolute Gasteiger partial charge is 0.467 e. The second kappa shape index (κ2) is 4.45. The zero-order chi connectivity index (χ0) is 8.97. The van der Waals surface area contributed by atoms with Crippen LogP contribution in [0.2, 0.25) is 0 Å². The Morgan fingerprint density at radius 3 is 2.67 bits per heavy atom. The van der Waals surface area contributed by atoms with Crippen molar-refractivity contribution >= 4 is 5.97 Å². The highest BCUT2D eigenvalue weighted by Crippen LogP contribution is 2.28. The van der Waals surface area contributed by atoms with Crippen molar-refractivity contribution in [1.29, 1.82) is 0 Å². The molecule has 3 nitrogen and oxygen atoms in total. The van der Waals surface area contributed by atoms with Gasteiger partial charge in [0.2, 0.25) is 0 Å². The van der Waals surface area contributed by atoms with Crippen molar-refractivity contribution in [1.82, 2.24) is 0 Å². The van der Waals surface area contributed by atoms with E-state index in [0.717, 1.165) is 12.8 Å². The van der Waals surface area contributed by atoms with E-state index in [2.05, 4.69) is 4.74 Å². The minimum absolute atomic E-state index is 0.498. The summed E-state index contributed by atoms with van der Waals surface area (Å²) in [7, 11) is 1.31. The fourth-order valence-electron chi connectivity index (χ4n) is 1.79. The van der Waals surface area contributed by atoms with E-state index >= 15 is 0 Å². The summed E-state index contributed by atoms with van der Waals surface area (Å²) in [5, 5.41) is 9.30. The Morgan fingerprint density at radius 1 is 1.58 bits per heavy atom. The molecule has 0 saturated heterocycles. The summed E-state index contributed by atoms with van der Waals surface area (Å²) < 4.78 is 4.43. The number of aliphatic hydroxyl groups excluding tert-OH is 1. The Labute approximate surface area is 72.7 Å². The highest BCUT2D eigenvalue weighted by Gasteiger charge is 2.23. The van der Waals surface area contributed by atoms with Crippen molar-refractivity contribution in [3.8, 4) is 0 Å². The lowest BCUT2D eigenvalue weighted by molar-refractivity contribution is -0.151. The molecule has 0 bridgehead atoms. The lowest BCUT2D eigenvalue weighted by atomic mass is 10.0. The molecule has 1 atom stereocenters. The molecule has 0 aromatic heterocycles. The van der Waals surface area contributed by atoms with Crippen LogP contribution in [0, 0.1) is 5.92 Å². The highest BCUT2D eigenvalue weighted by atomic mass is 16.5. The van der Waals surface area contributed by atoms with E-state index in [9.17, 15) is 9.90 Å². The molecule has 1 aliphatic rings. The van der Waals surface area contributed by atoms with Crippen LogP contribution in [0.5, 0.6) is 0 Å². The summed E-state index contributed by atoms with van der Waals surface area (Å²) in [6.07, 6.45) is 4.43. The average Bonchev–Trinajstić information content (AvgIpc) is 2.55. The monoisotopic (exact) mass is 172 g/mol. The van der Waals surface area contributed by atoms with E-state index in [0.29, 0.717) is 12.3 Å². The third-order valence-corrected chi connectivity index (χ3v) is 2.50. The van der Waals surface area contributed by atoms with E-state index in [1.165, 1.54) is 20.0 Å². The molecule has 70 valence electrons. The van der Waals surface area contributed by atoms with Crippen LogP contribution in [-0.2, 0) is 9.53 Å². The minimum atomic E-state index is -0.905. The molecular weight excluding hydrogens is 156 g/mol. The van der Waals surface area contributed by atoms with Gasteiger partial charge in [-0.25, -0.2) is 4.79 Å². The SMILES string of the molecule is COC(=O)[C@H](O)CC1CCCC1. The molecule has 1 saturated carbocycles. The molecule has 0 radical (unpaired) electrons. The maximum atomic E-state index is 10.8. The van der Waals surface area contributed by atoms with E-state index in [1.807, 2.05) is 0 Å². The zero-order valence-corrected chi connectivity index (χ0v) is 7.45. The quantitative estimate of drug-likeness (QED) is 0.648. The molecule has 12 heavy (non-hydrogen) atoms. The maximum Gasteiger partial charge on any atom is 0.334 e. The Kier molecular flexibility index (Phi) is 3.53. The molecule has 1 fully saturated rings. The summed E-state index contributed by atoms with van der Waals surface area (Å²) in [5.74, 6) is 0.0287. The van der Waals surface area contributed by atoms with Crippen LogP contribution in [0.1, 0.15) is 32.1 Å². The van der Waals surface area contributed by atoms with Gasteiger partial charge in [-0.3, -0.25) is 0 Å². The van der Waals surface area contributed by atoms with Crippen LogP contribution in [-0.4, -0.2) is 24.3 Å². The predicted octanol–water partition coefficient (Wildman–Crippen LogP) is 1.10. The highest BCUT2D eigenvalue weighted by molar-refractivity contribution is 5.74. The first kappa shape index (κ1) is 9.52. The van der Waals surface area contributed by atoms with Crippen LogP contribution >= 0.6 is 0 Å². The smallest absolute Gasteiger partial charge is 0.334 e. The van der Waals surface area contributed by atoms with Crippen molar-refractivity contribution in [2.24, 2.45) is 5.92 Å². The Hall–Kier alpha value is -0.570. The molecule has 1 N–H and O–H groups in total. The number of ether oxygens (including phenoxy) is 1. The second-order valence-electron chi connectivity index (χ2n) is 3.43. The summed E-state index contributed by atoms with van der Waals surface area (Å²) >= 11 is 0. The number of carbonyl (C=O) groups is 1. The number of hydrogen-bond acceptors (Lipinski definition) is 3. The normalized spacial score (nSPS) is 20.8. The van der Waals surface area contributed by atoms with Gasteiger partial charge in [0.05, 0.1) is 7.11 Å². The van der Waals surface area contributed by atoms with E-state index in [4.69, 9.17) is 0 Å². The van der Waals surface area contributed by atoms with Crippen LogP contribution in [0.4, 0.5) is 0 Å². The Bertz CT molecular complexity index is 150. The number of esters is 1. The van der Waals surface area contributed by atoms with Crippen molar-refractivity contribution in [3.05, 3.63) is 0 Å².